The van der Waals surface area contributed by atoms with Gasteiger partial charge in [-0.15, -0.1) is 11.3 Å². The normalized spacial score (nSPS) is 11.0. The number of carbonyl (C=O) groups is 1. The average molecular weight is 334 g/mol. The van der Waals surface area contributed by atoms with Crippen LogP contribution in [0.2, 0.25) is 5.02 Å². The van der Waals surface area contributed by atoms with Gasteiger partial charge < -0.3 is 5.11 Å². The Morgan fingerprint density at radius 1 is 1.47 bits per heavy atom. The van der Waals surface area contributed by atoms with E-state index in [0.29, 0.717) is 15.2 Å². The molecule has 90 valence electrons. The molecule has 0 amide bonds. The lowest BCUT2D eigenvalue weighted by Gasteiger charge is -2.05. The standard InChI is InChI=1S/C12H10BrClO2S/c1-2-6-8(14)3-4-9-10(6)7(5-13)11(17-9)12(15)16/h3-4H,2,5H2,1H3,(H,15,16). The highest BCUT2D eigenvalue weighted by Gasteiger charge is 2.19. The summed E-state index contributed by atoms with van der Waals surface area (Å²) in [4.78, 5) is 11.6. The van der Waals surface area contributed by atoms with Gasteiger partial charge in [0, 0.05) is 20.4 Å². The van der Waals surface area contributed by atoms with Gasteiger partial charge in [0.2, 0.25) is 0 Å². The fourth-order valence-corrected chi connectivity index (χ4v) is 4.07. The predicted octanol–water partition coefficient (Wildman–Crippen LogP) is 4.71. The van der Waals surface area contributed by atoms with E-state index in [1.165, 1.54) is 11.3 Å². The van der Waals surface area contributed by atoms with Gasteiger partial charge >= 0.3 is 5.97 Å². The molecule has 0 saturated carbocycles. The van der Waals surface area contributed by atoms with Crippen LogP contribution in [0.5, 0.6) is 0 Å². The molecule has 1 aromatic heterocycles. The predicted molar refractivity (Wildman–Crippen MR) is 75.8 cm³/mol. The number of thiophene rings is 1. The monoisotopic (exact) mass is 332 g/mol. The number of halogens is 2. The van der Waals surface area contributed by atoms with E-state index in [2.05, 4.69) is 15.9 Å². The fraction of sp³-hybridized carbons (Fsp3) is 0.250. The number of benzene rings is 1. The first kappa shape index (κ1) is 12.9. The van der Waals surface area contributed by atoms with Crippen LogP contribution in [0, 0.1) is 0 Å². The Morgan fingerprint density at radius 3 is 2.71 bits per heavy atom. The summed E-state index contributed by atoms with van der Waals surface area (Å²) < 4.78 is 0.984. The topological polar surface area (TPSA) is 37.3 Å². The van der Waals surface area contributed by atoms with Crippen molar-refractivity contribution in [3.8, 4) is 0 Å². The van der Waals surface area contributed by atoms with Crippen molar-refractivity contribution in [3.63, 3.8) is 0 Å². The number of aromatic carboxylic acids is 1. The Hall–Kier alpha value is -0.580. The van der Waals surface area contributed by atoms with E-state index in [4.69, 9.17) is 11.6 Å². The van der Waals surface area contributed by atoms with Crippen molar-refractivity contribution in [2.45, 2.75) is 18.7 Å². The van der Waals surface area contributed by atoms with E-state index in [1.54, 1.807) is 0 Å². The molecule has 0 saturated heterocycles. The third-order valence-electron chi connectivity index (χ3n) is 2.69. The zero-order valence-electron chi connectivity index (χ0n) is 9.09. The highest BCUT2D eigenvalue weighted by molar-refractivity contribution is 9.08. The first-order valence-electron chi connectivity index (χ1n) is 5.12. The molecule has 0 radical (unpaired) electrons. The minimum Gasteiger partial charge on any atom is -0.477 e. The lowest BCUT2D eigenvalue weighted by molar-refractivity contribution is 0.0701. The molecule has 1 N–H and O–H groups in total. The van der Waals surface area contributed by atoms with Crippen molar-refractivity contribution in [3.05, 3.63) is 33.2 Å². The molecule has 1 aromatic carbocycles. The number of rotatable bonds is 3. The van der Waals surface area contributed by atoms with E-state index in [1.807, 2.05) is 19.1 Å². The second-order valence-electron chi connectivity index (χ2n) is 3.60. The Bertz CT molecular complexity index is 592. The van der Waals surface area contributed by atoms with Gasteiger partial charge in [-0.25, -0.2) is 4.79 Å². The second kappa shape index (κ2) is 4.96. The number of alkyl halides is 1. The molecular formula is C12H10BrClO2S. The number of fused-ring (bicyclic) bond motifs is 1. The molecule has 2 aromatic rings. The summed E-state index contributed by atoms with van der Waals surface area (Å²) in [6.07, 6.45) is 0.798. The highest BCUT2D eigenvalue weighted by Crippen LogP contribution is 2.38. The van der Waals surface area contributed by atoms with Crippen molar-refractivity contribution in [1.29, 1.82) is 0 Å². The Balaban J connectivity index is 2.88. The Kier molecular flexibility index (Phi) is 3.76. The number of carboxylic acids is 1. The van der Waals surface area contributed by atoms with Crippen molar-refractivity contribution in [1.82, 2.24) is 0 Å². The maximum absolute atomic E-state index is 11.2. The van der Waals surface area contributed by atoms with Crippen LogP contribution < -0.4 is 0 Å². The van der Waals surface area contributed by atoms with Crippen LogP contribution in [0.15, 0.2) is 12.1 Å². The largest absolute Gasteiger partial charge is 0.477 e. The van der Waals surface area contributed by atoms with Crippen molar-refractivity contribution < 1.29 is 9.90 Å². The summed E-state index contributed by atoms with van der Waals surface area (Å²) in [5.74, 6) is -0.876. The second-order valence-corrected chi connectivity index (χ2v) is 5.62. The molecule has 0 unspecified atom stereocenters. The van der Waals surface area contributed by atoms with Gasteiger partial charge in [0.05, 0.1) is 0 Å². The summed E-state index contributed by atoms with van der Waals surface area (Å²) in [7, 11) is 0. The zero-order chi connectivity index (χ0) is 12.6. The van der Waals surface area contributed by atoms with Crippen LogP contribution >= 0.6 is 38.9 Å². The molecule has 17 heavy (non-hydrogen) atoms. The minimum atomic E-state index is -0.876. The van der Waals surface area contributed by atoms with Crippen molar-refractivity contribution >= 4 is 54.9 Å². The van der Waals surface area contributed by atoms with Gasteiger partial charge in [-0.05, 0) is 29.7 Å². The number of aryl methyl sites for hydroxylation is 1. The van der Waals surface area contributed by atoms with Gasteiger partial charge in [-0.1, -0.05) is 34.5 Å². The van der Waals surface area contributed by atoms with E-state index in [0.717, 1.165) is 27.6 Å². The molecule has 2 nitrogen and oxygen atoms in total. The third kappa shape index (κ3) is 2.09. The van der Waals surface area contributed by atoms with Crippen LogP contribution in [-0.4, -0.2) is 11.1 Å². The molecule has 2 rings (SSSR count). The smallest absolute Gasteiger partial charge is 0.346 e. The Morgan fingerprint density at radius 2 is 2.18 bits per heavy atom. The van der Waals surface area contributed by atoms with Crippen LogP contribution in [0.1, 0.15) is 27.7 Å². The highest BCUT2D eigenvalue weighted by atomic mass is 79.9. The first-order valence-corrected chi connectivity index (χ1v) is 7.43. The van der Waals surface area contributed by atoms with Crippen LogP contribution in [0.25, 0.3) is 10.1 Å². The lowest BCUT2D eigenvalue weighted by atomic mass is 10.0. The summed E-state index contributed by atoms with van der Waals surface area (Å²) in [5.41, 5.74) is 1.86. The maximum Gasteiger partial charge on any atom is 0.346 e. The maximum atomic E-state index is 11.2. The van der Waals surface area contributed by atoms with Crippen molar-refractivity contribution in [2.24, 2.45) is 0 Å². The summed E-state index contributed by atoms with van der Waals surface area (Å²) in [6, 6.07) is 3.73. The molecule has 0 bridgehead atoms. The number of hydrogen-bond donors (Lipinski definition) is 1. The molecule has 0 spiro atoms. The van der Waals surface area contributed by atoms with Gasteiger partial charge in [0.1, 0.15) is 4.88 Å². The SMILES string of the molecule is CCc1c(Cl)ccc2sc(C(=O)O)c(CBr)c12. The van der Waals surface area contributed by atoms with Gasteiger partial charge in [0.15, 0.2) is 0 Å². The Labute approximate surface area is 116 Å². The summed E-state index contributed by atoms with van der Waals surface area (Å²) in [6.45, 7) is 2.02. The fourth-order valence-electron chi connectivity index (χ4n) is 1.95. The van der Waals surface area contributed by atoms with Crippen molar-refractivity contribution in [2.75, 3.05) is 0 Å². The molecule has 1 heterocycles. The molecule has 0 aliphatic rings. The summed E-state index contributed by atoms with van der Waals surface area (Å²) in [5, 5.41) is 11.4. The van der Waals surface area contributed by atoms with Gasteiger partial charge in [-0.2, -0.15) is 0 Å². The third-order valence-corrected chi connectivity index (χ3v) is 4.79. The van der Waals surface area contributed by atoms with E-state index < -0.39 is 5.97 Å². The number of hydrogen-bond acceptors (Lipinski definition) is 2. The molecule has 0 fully saturated rings. The van der Waals surface area contributed by atoms with Gasteiger partial charge in [-0.3, -0.25) is 0 Å². The molecule has 0 aliphatic heterocycles. The molecule has 5 heteroatoms. The van der Waals surface area contributed by atoms with Crippen LogP contribution in [-0.2, 0) is 11.8 Å². The molecule has 0 atom stereocenters. The van der Waals surface area contributed by atoms with E-state index in [9.17, 15) is 9.90 Å². The van der Waals surface area contributed by atoms with E-state index in [-0.39, 0.29) is 0 Å². The van der Waals surface area contributed by atoms with Gasteiger partial charge in [0.25, 0.3) is 0 Å². The average Bonchev–Trinajstić information content (AvgIpc) is 2.67. The van der Waals surface area contributed by atoms with Crippen LogP contribution in [0.4, 0.5) is 0 Å². The van der Waals surface area contributed by atoms with E-state index >= 15 is 0 Å². The lowest BCUT2D eigenvalue weighted by Crippen LogP contribution is -1.96. The van der Waals surface area contributed by atoms with Crippen LogP contribution in [0.3, 0.4) is 0 Å². The number of carboxylic acid groups (broad SMARTS) is 1. The summed E-state index contributed by atoms with van der Waals surface area (Å²) >= 11 is 10.8. The molecular weight excluding hydrogens is 324 g/mol. The zero-order valence-corrected chi connectivity index (χ0v) is 12.2. The molecule has 0 aliphatic carbocycles. The first-order chi connectivity index (χ1) is 8.10. The quantitative estimate of drug-likeness (QED) is 0.826. The minimum absolute atomic E-state index is 0.397.